The van der Waals surface area contributed by atoms with Gasteiger partial charge in [0.15, 0.2) is 5.96 Å². The molecule has 4 rings (SSSR count). The van der Waals surface area contributed by atoms with Gasteiger partial charge in [0.25, 0.3) is 0 Å². The van der Waals surface area contributed by atoms with Crippen LogP contribution in [0.25, 0.3) is 0 Å². The molecule has 0 radical (unpaired) electrons. The fraction of sp³-hybridized carbons (Fsp3) is 0.500. The van der Waals surface area contributed by atoms with Crippen molar-refractivity contribution >= 4 is 17.6 Å². The van der Waals surface area contributed by atoms with E-state index in [0.717, 1.165) is 24.1 Å². The van der Waals surface area contributed by atoms with E-state index >= 15 is 0 Å². The minimum absolute atomic E-state index is 0.00751. The van der Waals surface area contributed by atoms with Crippen LogP contribution >= 0.6 is 0 Å². The van der Waals surface area contributed by atoms with Crippen LogP contribution < -0.4 is 10.2 Å². The Hall–Kier alpha value is -2.94. The number of rotatable bonds is 4. The number of hydrogen-bond donors (Lipinski definition) is 1. The maximum atomic E-state index is 13.9. The van der Waals surface area contributed by atoms with Gasteiger partial charge in [-0.25, -0.2) is 4.39 Å². The van der Waals surface area contributed by atoms with Gasteiger partial charge in [0.1, 0.15) is 12.4 Å². The largest absolute Gasteiger partial charge is 0.381 e. The highest BCUT2D eigenvalue weighted by molar-refractivity contribution is 5.98. The molecule has 9 heteroatoms. The Labute approximate surface area is 181 Å². The zero-order valence-electron chi connectivity index (χ0n) is 18.1. The van der Waals surface area contributed by atoms with E-state index in [0.29, 0.717) is 38.8 Å². The molecule has 1 aromatic carbocycles. The summed E-state index contributed by atoms with van der Waals surface area (Å²) in [7, 11) is 3.56. The SMILES string of the molecule is CN=C(NCC1(c2cccc(F)c2)CCOCC1)N1CCN(c2cnn(C)c2)C(=O)C1. The smallest absolute Gasteiger partial charge is 0.246 e. The normalized spacial score (nSPS) is 19.6. The Bertz CT molecular complexity index is 953. The molecule has 0 unspecified atom stereocenters. The van der Waals surface area contributed by atoms with Crippen molar-refractivity contribution in [1.29, 1.82) is 0 Å². The van der Waals surface area contributed by atoms with Gasteiger partial charge in [-0.1, -0.05) is 12.1 Å². The molecule has 166 valence electrons. The number of aliphatic imine (C=N–C) groups is 1. The van der Waals surface area contributed by atoms with Crippen molar-refractivity contribution in [3.8, 4) is 0 Å². The van der Waals surface area contributed by atoms with Crippen LogP contribution in [0.1, 0.15) is 18.4 Å². The zero-order chi connectivity index (χ0) is 21.8. The molecule has 0 atom stereocenters. The third-order valence-corrected chi connectivity index (χ3v) is 6.21. The van der Waals surface area contributed by atoms with Crippen molar-refractivity contribution in [3.05, 3.63) is 48.0 Å². The van der Waals surface area contributed by atoms with E-state index in [9.17, 15) is 9.18 Å². The average Bonchev–Trinajstić information content (AvgIpc) is 3.21. The van der Waals surface area contributed by atoms with Gasteiger partial charge >= 0.3 is 0 Å². The number of carbonyl (C=O) groups excluding carboxylic acids is 1. The van der Waals surface area contributed by atoms with E-state index in [1.807, 2.05) is 24.2 Å². The number of amides is 1. The number of aromatic nitrogens is 2. The molecule has 0 aliphatic carbocycles. The molecule has 2 fully saturated rings. The van der Waals surface area contributed by atoms with Gasteiger partial charge in [-0.05, 0) is 30.5 Å². The number of halogens is 1. The molecule has 0 bridgehead atoms. The summed E-state index contributed by atoms with van der Waals surface area (Å²) >= 11 is 0. The summed E-state index contributed by atoms with van der Waals surface area (Å²) in [5.74, 6) is 0.458. The fourth-order valence-electron chi connectivity index (χ4n) is 4.40. The van der Waals surface area contributed by atoms with Gasteiger partial charge in [-0.2, -0.15) is 5.10 Å². The van der Waals surface area contributed by atoms with Crippen LogP contribution in [0.5, 0.6) is 0 Å². The molecule has 1 N–H and O–H groups in total. The quantitative estimate of drug-likeness (QED) is 0.591. The van der Waals surface area contributed by atoms with Crippen LogP contribution in [0.4, 0.5) is 10.1 Å². The number of nitrogens with one attached hydrogen (secondary N) is 1. The topological polar surface area (TPSA) is 75.0 Å². The van der Waals surface area contributed by atoms with Gasteiger partial charge in [0, 0.05) is 58.6 Å². The van der Waals surface area contributed by atoms with Crippen molar-refractivity contribution in [2.45, 2.75) is 18.3 Å². The molecular formula is C22H29FN6O2. The van der Waals surface area contributed by atoms with Crippen LogP contribution in [0, 0.1) is 5.82 Å². The second-order valence-electron chi connectivity index (χ2n) is 8.14. The summed E-state index contributed by atoms with van der Waals surface area (Å²) in [5.41, 5.74) is 1.54. The molecule has 31 heavy (non-hydrogen) atoms. The van der Waals surface area contributed by atoms with E-state index in [2.05, 4.69) is 15.4 Å². The molecule has 3 heterocycles. The molecular weight excluding hydrogens is 399 g/mol. The number of guanidine groups is 1. The minimum Gasteiger partial charge on any atom is -0.381 e. The number of aryl methyl sites for hydroxylation is 1. The van der Waals surface area contributed by atoms with Crippen LogP contribution in [0.15, 0.2) is 41.7 Å². The molecule has 2 aliphatic rings. The maximum Gasteiger partial charge on any atom is 0.246 e. The summed E-state index contributed by atoms with van der Waals surface area (Å²) in [5, 5.41) is 7.61. The monoisotopic (exact) mass is 428 g/mol. The predicted octanol–water partition coefficient (Wildman–Crippen LogP) is 1.53. The lowest BCUT2D eigenvalue weighted by atomic mass is 9.74. The standard InChI is InChI=1S/C22H29FN6O2/c1-24-21(28-8-9-29(20(30)15-28)19-13-26-27(2)14-19)25-16-22(6-10-31-11-7-22)17-4-3-5-18(23)12-17/h3-5,12-14H,6-11,15-16H2,1-2H3,(H,24,25). The van der Waals surface area contributed by atoms with E-state index in [4.69, 9.17) is 4.74 Å². The van der Waals surface area contributed by atoms with E-state index in [1.54, 1.807) is 35.0 Å². The number of carbonyl (C=O) groups is 1. The molecule has 0 saturated carbocycles. The van der Waals surface area contributed by atoms with Crippen molar-refractivity contribution in [3.63, 3.8) is 0 Å². The molecule has 2 aliphatic heterocycles. The van der Waals surface area contributed by atoms with E-state index in [1.165, 1.54) is 6.07 Å². The third-order valence-electron chi connectivity index (χ3n) is 6.21. The fourth-order valence-corrected chi connectivity index (χ4v) is 4.40. The lowest BCUT2D eigenvalue weighted by Gasteiger charge is -2.40. The second-order valence-corrected chi connectivity index (χ2v) is 8.14. The first-order chi connectivity index (χ1) is 15.0. The van der Waals surface area contributed by atoms with Gasteiger partial charge in [-0.3, -0.25) is 14.5 Å². The maximum absolute atomic E-state index is 13.9. The highest BCUT2D eigenvalue weighted by atomic mass is 19.1. The number of ether oxygens (including phenoxy) is 1. The van der Waals surface area contributed by atoms with Crippen LogP contribution in [-0.4, -0.2) is 73.0 Å². The molecule has 1 aromatic heterocycles. The molecule has 0 spiro atoms. The highest BCUT2D eigenvalue weighted by Crippen LogP contribution is 2.34. The summed E-state index contributed by atoms with van der Waals surface area (Å²) in [6.07, 6.45) is 5.14. The number of nitrogens with zero attached hydrogens (tertiary/aromatic N) is 5. The summed E-state index contributed by atoms with van der Waals surface area (Å²) < 4.78 is 21.2. The van der Waals surface area contributed by atoms with Gasteiger partial charge < -0.3 is 19.9 Å². The van der Waals surface area contributed by atoms with E-state index < -0.39 is 0 Å². The summed E-state index contributed by atoms with van der Waals surface area (Å²) in [4.78, 5) is 20.9. The average molecular weight is 429 g/mol. The number of piperazine rings is 1. The lowest BCUT2D eigenvalue weighted by molar-refractivity contribution is -0.120. The third kappa shape index (κ3) is 4.56. The van der Waals surface area contributed by atoms with Crippen molar-refractivity contribution in [2.24, 2.45) is 12.0 Å². The number of anilines is 1. The Morgan fingerprint density at radius 2 is 2.13 bits per heavy atom. The molecule has 8 nitrogen and oxygen atoms in total. The van der Waals surface area contributed by atoms with Crippen molar-refractivity contribution in [1.82, 2.24) is 20.0 Å². The lowest BCUT2D eigenvalue weighted by Crippen LogP contribution is -2.57. The first-order valence-corrected chi connectivity index (χ1v) is 10.6. The van der Waals surface area contributed by atoms with E-state index in [-0.39, 0.29) is 23.7 Å². The van der Waals surface area contributed by atoms with Crippen LogP contribution in [0.2, 0.25) is 0 Å². The first kappa shape index (κ1) is 21.3. The van der Waals surface area contributed by atoms with Crippen molar-refractivity contribution < 1.29 is 13.9 Å². The Balaban J connectivity index is 1.44. The summed E-state index contributed by atoms with van der Waals surface area (Å²) in [6, 6.07) is 6.82. The van der Waals surface area contributed by atoms with Crippen LogP contribution in [-0.2, 0) is 22.0 Å². The zero-order valence-corrected chi connectivity index (χ0v) is 18.1. The predicted molar refractivity (Wildman–Crippen MR) is 117 cm³/mol. The summed E-state index contributed by atoms with van der Waals surface area (Å²) in [6.45, 7) is 3.34. The van der Waals surface area contributed by atoms with Gasteiger partial charge in [0.2, 0.25) is 5.91 Å². The number of hydrogen-bond acceptors (Lipinski definition) is 4. The second kappa shape index (κ2) is 9.05. The van der Waals surface area contributed by atoms with Crippen LogP contribution in [0.3, 0.4) is 0 Å². The van der Waals surface area contributed by atoms with Gasteiger partial charge in [-0.15, -0.1) is 0 Å². The highest BCUT2D eigenvalue weighted by Gasteiger charge is 2.36. The van der Waals surface area contributed by atoms with Crippen molar-refractivity contribution in [2.75, 3.05) is 51.3 Å². The van der Waals surface area contributed by atoms with Gasteiger partial charge in [0.05, 0.1) is 11.9 Å². The number of benzene rings is 1. The molecule has 1 amide bonds. The Morgan fingerprint density at radius 1 is 1.32 bits per heavy atom. The minimum atomic E-state index is -0.238. The molecule has 2 saturated heterocycles. The Morgan fingerprint density at radius 3 is 2.77 bits per heavy atom. The first-order valence-electron chi connectivity index (χ1n) is 10.6. The Kier molecular flexibility index (Phi) is 6.22. The molecule has 2 aromatic rings.